The Hall–Kier alpha value is -2.76. The molecule has 3 atom stereocenters. The molecule has 0 amide bonds. The molecular weight excluding hydrogens is 498 g/mol. The van der Waals surface area contributed by atoms with Crippen LogP contribution >= 0.6 is 27.7 Å². The molecule has 178 valence electrons. The highest BCUT2D eigenvalue weighted by atomic mass is 31.1. The minimum absolute atomic E-state index is 0.245. The summed E-state index contributed by atoms with van der Waals surface area (Å²) in [5, 5.41) is 14.4. The van der Waals surface area contributed by atoms with Gasteiger partial charge in [0.1, 0.15) is 17.4 Å². The summed E-state index contributed by atoms with van der Waals surface area (Å²) in [5.41, 5.74) is 4.05. The smallest absolute Gasteiger partial charge is 0.260 e. The van der Waals surface area contributed by atoms with Crippen molar-refractivity contribution in [2.75, 3.05) is 0 Å². The first-order valence-corrected chi connectivity index (χ1v) is 12.7. The van der Waals surface area contributed by atoms with Crippen molar-refractivity contribution in [2.24, 2.45) is 0 Å². The molecule has 0 bridgehead atoms. The van der Waals surface area contributed by atoms with E-state index in [1.54, 1.807) is 30.5 Å². The fourth-order valence-corrected chi connectivity index (χ4v) is 4.56. The Balaban J connectivity index is 1.96. The Kier molecular flexibility index (Phi) is 7.30. The molecule has 0 aliphatic heterocycles. The number of rotatable bonds is 6. The predicted octanol–water partition coefficient (Wildman–Crippen LogP) is 4.76. The van der Waals surface area contributed by atoms with Crippen molar-refractivity contribution >= 4 is 27.7 Å². The third kappa shape index (κ3) is 5.26. The van der Waals surface area contributed by atoms with Gasteiger partial charge in [0.25, 0.3) is 5.56 Å². The van der Waals surface area contributed by atoms with Crippen LogP contribution in [0.3, 0.4) is 0 Å². The van der Waals surface area contributed by atoms with Crippen LogP contribution in [0.15, 0.2) is 59.7 Å². The zero-order valence-electron chi connectivity index (χ0n) is 19.4. The molecule has 0 fully saturated rings. The number of nitrogens with zero attached hydrogens (tertiary/aromatic N) is 5. The first kappa shape index (κ1) is 25.3. The molecule has 3 unspecified atom stereocenters. The number of nitriles is 1. The van der Waals surface area contributed by atoms with Gasteiger partial charge in [-0.3, -0.25) is 14.0 Å². The maximum Gasteiger partial charge on any atom is 0.260 e. The van der Waals surface area contributed by atoms with Gasteiger partial charge >= 0.3 is 0 Å². The van der Waals surface area contributed by atoms with Crippen LogP contribution in [0.2, 0.25) is 0 Å². The first-order valence-electron chi connectivity index (χ1n) is 10.9. The van der Waals surface area contributed by atoms with Gasteiger partial charge in [0.05, 0.1) is 11.9 Å². The summed E-state index contributed by atoms with van der Waals surface area (Å²) in [6, 6.07) is 13.7. The summed E-state index contributed by atoms with van der Waals surface area (Å²) < 4.78 is 16.2. The van der Waals surface area contributed by atoms with Crippen LogP contribution in [0, 0.1) is 24.1 Å². The van der Waals surface area contributed by atoms with Gasteiger partial charge in [-0.2, -0.15) is 10.4 Å². The Labute approximate surface area is 210 Å². The van der Waals surface area contributed by atoms with Gasteiger partial charge in [0, 0.05) is 40.6 Å². The predicted molar refractivity (Wildman–Crippen MR) is 146 cm³/mol. The summed E-state index contributed by atoms with van der Waals surface area (Å²) >= 11 is 0. The molecule has 1 aromatic carbocycles. The van der Waals surface area contributed by atoms with Gasteiger partial charge in [-0.05, 0) is 61.4 Å². The molecule has 0 radical (unpaired) electrons. The lowest BCUT2D eigenvalue weighted by molar-refractivity contribution is 0.628. The Morgan fingerprint density at radius 2 is 1.86 bits per heavy atom. The van der Waals surface area contributed by atoms with E-state index in [-0.39, 0.29) is 22.8 Å². The second kappa shape index (κ2) is 10.1. The molecule has 3 aromatic heterocycles. The summed E-state index contributed by atoms with van der Waals surface area (Å²) in [4.78, 5) is 18.5. The first-order chi connectivity index (χ1) is 16.6. The van der Waals surface area contributed by atoms with Crippen LogP contribution in [0.1, 0.15) is 34.9 Å². The molecule has 0 aliphatic rings. The molecule has 10 heteroatoms. The molecule has 0 saturated carbocycles. The van der Waals surface area contributed by atoms with E-state index in [4.69, 9.17) is 4.98 Å². The minimum atomic E-state index is -0.638. The van der Waals surface area contributed by atoms with E-state index in [1.807, 2.05) is 30.8 Å². The van der Waals surface area contributed by atoms with Crippen molar-refractivity contribution in [2.45, 2.75) is 31.5 Å². The van der Waals surface area contributed by atoms with Crippen LogP contribution in [-0.4, -0.2) is 19.3 Å². The van der Waals surface area contributed by atoms with Gasteiger partial charge in [0.2, 0.25) is 0 Å². The lowest BCUT2D eigenvalue weighted by atomic mass is 10.0. The number of pyridine rings is 2. The highest BCUT2D eigenvalue weighted by molar-refractivity contribution is 7.56. The average Bonchev–Trinajstić information content (AvgIpc) is 3.28. The van der Waals surface area contributed by atoms with Crippen LogP contribution < -0.4 is 5.56 Å². The third-order valence-corrected chi connectivity index (χ3v) is 6.62. The second-order valence-electron chi connectivity index (χ2n) is 8.33. The number of aryl methyl sites for hydroxylation is 2. The van der Waals surface area contributed by atoms with Crippen molar-refractivity contribution in [1.82, 2.24) is 19.3 Å². The van der Waals surface area contributed by atoms with Crippen LogP contribution in [0.4, 0.5) is 4.39 Å². The van der Waals surface area contributed by atoms with Gasteiger partial charge in [-0.1, -0.05) is 6.07 Å². The van der Waals surface area contributed by atoms with Crippen LogP contribution in [0.25, 0.3) is 17.1 Å². The van der Waals surface area contributed by atoms with Crippen LogP contribution in [0.5, 0.6) is 0 Å². The van der Waals surface area contributed by atoms with Gasteiger partial charge in [-0.25, -0.2) is 9.37 Å². The van der Waals surface area contributed by atoms with Crippen molar-refractivity contribution in [3.05, 3.63) is 99.0 Å². The second-order valence-corrected chi connectivity index (χ2v) is 13.2. The maximum atomic E-state index is 13.7. The highest BCUT2D eigenvalue weighted by Crippen LogP contribution is 2.48. The largest absolute Gasteiger partial charge is 0.273 e. The number of aromatic nitrogens is 4. The Morgan fingerprint density at radius 3 is 2.46 bits per heavy atom. The van der Waals surface area contributed by atoms with Crippen molar-refractivity contribution in [1.29, 1.82) is 5.26 Å². The zero-order valence-corrected chi connectivity index (χ0v) is 22.8. The topological polar surface area (TPSA) is 76.5 Å². The summed E-state index contributed by atoms with van der Waals surface area (Å²) in [6.07, 6.45) is 4.08. The summed E-state index contributed by atoms with van der Waals surface area (Å²) in [6.45, 7) is 4.55. The molecule has 6 nitrogen and oxygen atoms in total. The minimum Gasteiger partial charge on any atom is -0.273 e. The summed E-state index contributed by atoms with van der Waals surface area (Å²) in [7, 11) is 8.03. The maximum absolute atomic E-state index is 13.7. The van der Waals surface area contributed by atoms with E-state index in [2.05, 4.69) is 38.9 Å². The molecule has 0 aliphatic carbocycles. The lowest BCUT2D eigenvalue weighted by Crippen LogP contribution is -2.26. The molecule has 4 aromatic rings. The van der Waals surface area contributed by atoms with E-state index in [9.17, 15) is 14.4 Å². The average molecular weight is 523 g/mol. The fraction of sp³-hybridized carbons (Fsp3) is 0.200. The van der Waals surface area contributed by atoms with Crippen molar-refractivity contribution in [3.8, 4) is 23.1 Å². The van der Waals surface area contributed by atoms with E-state index >= 15 is 0 Å². The Morgan fingerprint density at radius 1 is 1.14 bits per heavy atom. The van der Waals surface area contributed by atoms with E-state index in [1.165, 1.54) is 16.7 Å². The third-order valence-electron chi connectivity index (χ3n) is 5.69. The normalized spacial score (nSPS) is 11.5. The highest BCUT2D eigenvalue weighted by Gasteiger charge is 2.26. The monoisotopic (exact) mass is 523 g/mol. The zero-order chi connectivity index (χ0) is 25.3. The SMILES string of the molecule is CCn1cc(Cc2ccc(C)n(-c3nc(-c4ccc(F)cc4)cc(C(P)(P)P)c3C#N)c2=O)cn1. The molecule has 3 heterocycles. The Bertz CT molecular complexity index is 1500. The number of hydrogen-bond donors (Lipinski definition) is 0. The van der Waals surface area contributed by atoms with Gasteiger partial charge in [-0.15, -0.1) is 27.7 Å². The number of hydrogen-bond acceptors (Lipinski definition) is 4. The van der Waals surface area contributed by atoms with Gasteiger partial charge in [0.15, 0.2) is 5.82 Å². The standard InChI is InChI=1S/C25H25FN5OP3/c1-3-30-14-16(13-28-30)10-18-5-4-15(2)31(24(18)32)23-20(12-27)21(25(33,34)35)11-22(29-23)17-6-8-19(26)9-7-17/h4-9,11,13-14H,3,10,33-35H2,1-2H3. The summed E-state index contributed by atoms with van der Waals surface area (Å²) in [5.74, 6) is -0.110. The molecule has 4 rings (SSSR count). The van der Waals surface area contributed by atoms with E-state index in [0.29, 0.717) is 34.5 Å². The van der Waals surface area contributed by atoms with Crippen LogP contribution in [-0.2, 0) is 17.6 Å². The number of benzene rings is 1. The van der Waals surface area contributed by atoms with E-state index < -0.39 is 4.64 Å². The quantitative estimate of drug-likeness (QED) is 0.342. The molecule has 0 saturated heterocycles. The molecule has 0 spiro atoms. The molecule has 35 heavy (non-hydrogen) atoms. The lowest BCUT2D eigenvalue weighted by Gasteiger charge is -2.23. The van der Waals surface area contributed by atoms with Crippen molar-refractivity contribution in [3.63, 3.8) is 0 Å². The number of halogens is 1. The van der Waals surface area contributed by atoms with Crippen molar-refractivity contribution < 1.29 is 4.39 Å². The van der Waals surface area contributed by atoms with Gasteiger partial charge < -0.3 is 0 Å². The fourth-order valence-electron chi connectivity index (χ4n) is 3.87. The molecular formula is C25H25FN5OP3. The van der Waals surface area contributed by atoms with E-state index in [0.717, 1.165) is 12.1 Å². The molecule has 0 N–H and O–H groups in total.